The van der Waals surface area contributed by atoms with Crippen molar-refractivity contribution in [1.29, 1.82) is 5.26 Å². The van der Waals surface area contributed by atoms with Gasteiger partial charge in [-0.25, -0.2) is 9.98 Å². The highest BCUT2D eigenvalue weighted by molar-refractivity contribution is 7.98. The van der Waals surface area contributed by atoms with Crippen LogP contribution in [-0.4, -0.2) is 35.9 Å². The lowest BCUT2D eigenvalue weighted by Crippen LogP contribution is -2.24. The number of rotatable bonds is 4. The molecule has 0 spiro atoms. The van der Waals surface area contributed by atoms with E-state index in [2.05, 4.69) is 30.7 Å². The third kappa shape index (κ3) is 3.08. The second kappa shape index (κ2) is 6.41. The molecule has 3 aromatic heterocycles. The van der Waals surface area contributed by atoms with Crippen molar-refractivity contribution in [3.05, 3.63) is 46.3 Å². The van der Waals surface area contributed by atoms with Gasteiger partial charge in [0.1, 0.15) is 10.7 Å². The van der Waals surface area contributed by atoms with Crippen LogP contribution in [0.1, 0.15) is 24.1 Å². The van der Waals surface area contributed by atoms with Gasteiger partial charge in [-0.15, -0.1) is 5.10 Å². The Morgan fingerprint density at radius 2 is 2.23 bits per heavy atom. The highest BCUT2D eigenvalue weighted by atomic mass is 35.5. The molecular formula is C17H16ClN7S. The minimum atomic E-state index is -0.600. The minimum absolute atomic E-state index is 0.466. The van der Waals surface area contributed by atoms with E-state index in [0.29, 0.717) is 28.1 Å². The highest BCUT2D eigenvalue weighted by Crippen LogP contribution is 2.38. The number of hydrogen-bond acceptors (Lipinski definition) is 6. The van der Waals surface area contributed by atoms with E-state index in [9.17, 15) is 5.26 Å². The van der Waals surface area contributed by atoms with E-state index in [4.69, 9.17) is 11.6 Å². The molecule has 0 N–H and O–H groups in total. The first-order chi connectivity index (χ1) is 12.5. The van der Waals surface area contributed by atoms with Gasteiger partial charge in [-0.3, -0.25) is 0 Å². The molecule has 0 atom stereocenters. The standard InChI is InChI=1S/C17H16ClN7S/c1-11-7-14(22-17(10-19)5-6-17)25-16(21-15(23-25)26-2)24(11)9-12-3-4-13(18)20-8-12/h3-4,7-8H,5-6,9H2,1-2H3. The summed E-state index contributed by atoms with van der Waals surface area (Å²) in [6, 6.07) is 7.97. The van der Waals surface area contributed by atoms with E-state index < -0.39 is 5.54 Å². The Kier molecular flexibility index (Phi) is 4.21. The lowest BCUT2D eigenvalue weighted by atomic mass is 10.2. The van der Waals surface area contributed by atoms with Gasteiger partial charge in [0.2, 0.25) is 10.9 Å². The molecule has 1 saturated carbocycles. The number of fused-ring (bicyclic) bond motifs is 1. The summed E-state index contributed by atoms with van der Waals surface area (Å²) in [6.07, 6.45) is 5.27. The Labute approximate surface area is 159 Å². The lowest BCUT2D eigenvalue weighted by molar-refractivity contribution is 0.700. The van der Waals surface area contributed by atoms with Crippen LogP contribution in [0.2, 0.25) is 5.15 Å². The summed E-state index contributed by atoms with van der Waals surface area (Å²) in [5.74, 6) is 0.691. The molecule has 26 heavy (non-hydrogen) atoms. The van der Waals surface area contributed by atoms with Gasteiger partial charge in [-0.05, 0) is 37.7 Å². The van der Waals surface area contributed by atoms with E-state index in [1.807, 2.05) is 25.3 Å². The first kappa shape index (κ1) is 17.1. The average molecular weight is 386 g/mol. The lowest BCUT2D eigenvalue weighted by Gasteiger charge is -2.12. The molecule has 0 aromatic carbocycles. The zero-order valence-corrected chi connectivity index (χ0v) is 15.9. The number of halogens is 1. The normalized spacial score (nSPS) is 16.0. The number of aromatic nitrogens is 5. The van der Waals surface area contributed by atoms with Crippen LogP contribution in [0.5, 0.6) is 0 Å². The molecule has 0 unspecified atom stereocenters. The number of nitriles is 1. The van der Waals surface area contributed by atoms with Crippen LogP contribution in [0, 0.1) is 18.3 Å². The quantitative estimate of drug-likeness (QED) is 0.509. The van der Waals surface area contributed by atoms with E-state index in [0.717, 1.165) is 24.1 Å². The molecule has 0 aliphatic heterocycles. The fourth-order valence-corrected chi connectivity index (χ4v) is 3.18. The molecule has 132 valence electrons. The summed E-state index contributed by atoms with van der Waals surface area (Å²) in [6.45, 7) is 2.59. The SMILES string of the molecule is CSc1nc2n(Cc3ccc(Cl)nc3)c(C)cc(=NC3(C#N)CC3)n2n1. The molecule has 1 fully saturated rings. The summed E-state index contributed by atoms with van der Waals surface area (Å²) >= 11 is 7.35. The van der Waals surface area contributed by atoms with Crippen LogP contribution in [0.25, 0.3) is 5.78 Å². The first-order valence-electron chi connectivity index (χ1n) is 8.12. The smallest absolute Gasteiger partial charge is 0.235 e. The van der Waals surface area contributed by atoms with Gasteiger partial charge in [0.25, 0.3) is 0 Å². The second-order valence-electron chi connectivity index (χ2n) is 6.28. The van der Waals surface area contributed by atoms with Crippen LogP contribution >= 0.6 is 23.4 Å². The van der Waals surface area contributed by atoms with Crippen molar-refractivity contribution in [1.82, 2.24) is 24.1 Å². The Bertz CT molecular complexity index is 1090. The minimum Gasteiger partial charge on any atom is -0.310 e. The van der Waals surface area contributed by atoms with Gasteiger partial charge < -0.3 is 4.57 Å². The topological polar surface area (TPSA) is 84.2 Å². The van der Waals surface area contributed by atoms with E-state index in [1.54, 1.807) is 16.8 Å². The maximum absolute atomic E-state index is 9.37. The molecule has 1 aliphatic carbocycles. The molecule has 3 heterocycles. The van der Waals surface area contributed by atoms with Crippen LogP contribution in [0.15, 0.2) is 34.5 Å². The van der Waals surface area contributed by atoms with E-state index in [-0.39, 0.29) is 0 Å². The zero-order chi connectivity index (χ0) is 18.3. The molecule has 7 nitrogen and oxygen atoms in total. The number of thioether (sulfide) groups is 1. The van der Waals surface area contributed by atoms with Crippen molar-refractivity contribution >= 4 is 29.1 Å². The van der Waals surface area contributed by atoms with Crippen LogP contribution in [0.3, 0.4) is 0 Å². The van der Waals surface area contributed by atoms with Crippen molar-refractivity contribution in [2.75, 3.05) is 6.26 Å². The Hall–Kier alpha value is -2.37. The molecule has 3 aromatic rings. The Morgan fingerprint density at radius 3 is 2.85 bits per heavy atom. The van der Waals surface area contributed by atoms with Crippen molar-refractivity contribution in [2.45, 2.75) is 37.0 Å². The maximum Gasteiger partial charge on any atom is 0.235 e. The fourth-order valence-electron chi connectivity index (χ4n) is 2.73. The predicted octanol–water partition coefficient (Wildman–Crippen LogP) is 2.61. The van der Waals surface area contributed by atoms with Gasteiger partial charge in [-0.2, -0.15) is 14.8 Å². The molecular weight excluding hydrogens is 370 g/mol. The third-order valence-corrected chi connectivity index (χ3v) is 5.13. The fraction of sp³-hybridized carbons (Fsp3) is 0.353. The molecule has 0 saturated heterocycles. The molecule has 0 radical (unpaired) electrons. The number of aryl methyl sites for hydroxylation is 1. The summed E-state index contributed by atoms with van der Waals surface area (Å²) in [5, 5.41) is 15.0. The van der Waals surface area contributed by atoms with Crippen molar-refractivity contribution in [2.24, 2.45) is 4.99 Å². The predicted molar refractivity (Wildman–Crippen MR) is 99.0 cm³/mol. The molecule has 4 rings (SSSR count). The van der Waals surface area contributed by atoms with Crippen LogP contribution in [0.4, 0.5) is 0 Å². The van der Waals surface area contributed by atoms with E-state index in [1.165, 1.54) is 11.8 Å². The van der Waals surface area contributed by atoms with Crippen LogP contribution < -0.4 is 5.49 Å². The van der Waals surface area contributed by atoms with Crippen molar-refractivity contribution < 1.29 is 0 Å². The largest absolute Gasteiger partial charge is 0.310 e. The second-order valence-corrected chi connectivity index (χ2v) is 7.45. The van der Waals surface area contributed by atoms with Crippen LogP contribution in [-0.2, 0) is 6.54 Å². The average Bonchev–Trinajstić information content (AvgIpc) is 3.28. The summed E-state index contributed by atoms with van der Waals surface area (Å²) in [7, 11) is 0. The summed E-state index contributed by atoms with van der Waals surface area (Å²) in [4.78, 5) is 13.4. The van der Waals surface area contributed by atoms with Gasteiger partial charge >= 0.3 is 0 Å². The summed E-state index contributed by atoms with van der Waals surface area (Å²) in [5.41, 5.74) is 2.06. The zero-order valence-electron chi connectivity index (χ0n) is 14.3. The van der Waals surface area contributed by atoms with Crippen molar-refractivity contribution in [3.8, 4) is 6.07 Å². The first-order valence-corrected chi connectivity index (χ1v) is 9.73. The van der Waals surface area contributed by atoms with Gasteiger partial charge in [0.05, 0.1) is 12.6 Å². The monoisotopic (exact) mass is 385 g/mol. The summed E-state index contributed by atoms with van der Waals surface area (Å²) < 4.78 is 3.78. The number of hydrogen-bond donors (Lipinski definition) is 0. The van der Waals surface area contributed by atoms with Gasteiger partial charge in [0.15, 0.2) is 5.49 Å². The molecule has 0 amide bonds. The van der Waals surface area contributed by atoms with Gasteiger partial charge in [0, 0.05) is 18.0 Å². The molecule has 1 aliphatic rings. The van der Waals surface area contributed by atoms with Gasteiger partial charge in [-0.1, -0.05) is 29.4 Å². The maximum atomic E-state index is 9.37. The number of pyridine rings is 1. The number of nitrogens with zero attached hydrogens (tertiary/aromatic N) is 7. The molecule has 0 bridgehead atoms. The third-order valence-electron chi connectivity index (χ3n) is 4.36. The Morgan fingerprint density at radius 1 is 1.42 bits per heavy atom. The molecule has 9 heteroatoms. The Balaban J connectivity index is 1.89. The highest BCUT2D eigenvalue weighted by Gasteiger charge is 2.43. The van der Waals surface area contributed by atoms with E-state index >= 15 is 0 Å². The van der Waals surface area contributed by atoms with Crippen molar-refractivity contribution in [3.63, 3.8) is 0 Å².